The predicted molar refractivity (Wildman–Crippen MR) is 53.7 cm³/mol. The van der Waals surface area contributed by atoms with Crippen LogP contribution in [0.1, 0.15) is 19.3 Å². The van der Waals surface area contributed by atoms with Crippen molar-refractivity contribution in [3.8, 4) is 0 Å². The highest BCUT2D eigenvalue weighted by Crippen LogP contribution is 2.49. The fraction of sp³-hybridized carbons (Fsp3) is 0.889. The van der Waals surface area contributed by atoms with Gasteiger partial charge >= 0.3 is 5.97 Å². The zero-order valence-electron chi connectivity index (χ0n) is 8.32. The molecule has 0 amide bonds. The van der Waals surface area contributed by atoms with Crippen LogP contribution in [0.2, 0.25) is 0 Å². The third-order valence-electron chi connectivity index (χ3n) is 2.47. The number of carbonyl (C=O) groups is 1. The highest BCUT2D eigenvalue weighted by molar-refractivity contribution is 7.85. The summed E-state index contributed by atoms with van der Waals surface area (Å²) in [6.07, 6.45) is 1.96. The van der Waals surface area contributed by atoms with Crippen LogP contribution in [0.5, 0.6) is 0 Å². The molecule has 0 radical (unpaired) electrons. The summed E-state index contributed by atoms with van der Waals surface area (Å²) in [5.74, 6) is 0.242. The van der Waals surface area contributed by atoms with E-state index in [1.807, 2.05) is 0 Å². The molecule has 4 nitrogen and oxygen atoms in total. The van der Waals surface area contributed by atoms with Crippen molar-refractivity contribution in [1.29, 1.82) is 0 Å². The Morgan fingerprint density at radius 3 is 2.64 bits per heavy atom. The maximum atomic E-state index is 11.5. The zero-order chi connectivity index (χ0) is 10.6. The van der Waals surface area contributed by atoms with Crippen molar-refractivity contribution >= 4 is 16.8 Å². The number of hydrogen-bond donors (Lipinski definition) is 1. The van der Waals surface area contributed by atoms with Gasteiger partial charge in [-0.25, -0.2) is 0 Å². The minimum absolute atomic E-state index is 0.158. The molecular weight excluding hydrogens is 204 g/mol. The first-order valence-electron chi connectivity index (χ1n) is 4.64. The molecule has 0 aromatic rings. The summed E-state index contributed by atoms with van der Waals surface area (Å²) in [5, 5.41) is 8.65. The molecule has 1 atom stereocenters. The van der Waals surface area contributed by atoms with Gasteiger partial charge in [0.1, 0.15) is 0 Å². The van der Waals surface area contributed by atoms with Crippen LogP contribution in [0, 0.1) is 5.41 Å². The van der Waals surface area contributed by atoms with Gasteiger partial charge in [0.05, 0.1) is 13.0 Å². The molecule has 1 N–H and O–H groups in total. The van der Waals surface area contributed by atoms with Crippen LogP contribution in [-0.4, -0.2) is 40.5 Å². The quantitative estimate of drug-likeness (QED) is 0.683. The summed E-state index contributed by atoms with van der Waals surface area (Å²) >= 11 is 0. The Labute approximate surface area is 86.1 Å². The van der Waals surface area contributed by atoms with Gasteiger partial charge in [0, 0.05) is 29.4 Å². The van der Waals surface area contributed by atoms with E-state index in [9.17, 15) is 9.00 Å². The highest BCUT2D eigenvalue weighted by Gasteiger charge is 2.45. The lowest BCUT2D eigenvalue weighted by Gasteiger charge is -2.11. The second-order valence-electron chi connectivity index (χ2n) is 3.85. The van der Waals surface area contributed by atoms with Gasteiger partial charge in [0.2, 0.25) is 0 Å². The molecule has 1 unspecified atom stereocenters. The Bertz CT molecular complexity index is 235. The van der Waals surface area contributed by atoms with Crippen molar-refractivity contribution in [2.45, 2.75) is 19.3 Å². The van der Waals surface area contributed by atoms with Gasteiger partial charge in [-0.3, -0.25) is 9.00 Å². The molecule has 0 saturated heterocycles. The Hall–Kier alpha value is -0.420. The van der Waals surface area contributed by atoms with Crippen molar-refractivity contribution in [1.82, 2.24) is 0 Å². The van der Waals surface area contributed by atoms with E-state index in [-0.39, 0.29) is 11.8 Å². The van der Waals surface area contributed by atoms with Crippen LogP contribution in [0.4, 0.5) is 0 Å². The van der Waals surface area contributed by atoms with E-state index in [2.05, 4.69) is 0 Å². The second kappa shape index (κ2) is 4.89. The molecular formula is C9H16O4S. The van der Waals surface area contributed by atoms with Gasteiger partial charge in [-0.15, -0.1) is 0 Å². The van der Waals surface area contributed by atoms with Crippen LogP contribution >= 0.6 is 0 Å². The average Bonchev–Trinajstić information content (AvgIpc) is 2.80. The first kappa shape index (κ1) is 11.7. The zero-order valence-corrected chi connectivity index (χ0v) is 9.14. The molecule has 0 aromatic carbocycles. The molecule has 1 aliphatic carbocycles. The van der Waals surface area contributed by atoms with Crippen LogP contribution in [0.15, 0.2) is 0 Å². The number of carboxylic acids is 1. The Morgan fingerprint density at radius 1 is 1.57 bits per heavy atom. The SMILES string of the molecule is COCCS(=O)CC1(CC(=O)O)CC1. The number of methoxy groups -OCH3 is 1. The monoisotopic (exact) mass is 220 g/mol. The molecule has 14 heavy (non-hydrogen) atoms. The maximum Gasteiger partial charge on any atom is 0.303 e. The number of rotatable bonds is 7. The van der Waals surface area contributed by atoms with E-state index in [4.69, 9.17) is 9.84 Å². The third kappa shape index (κ3) is 3.75. The van der Waals surface area contributed by atoms with Crippen LogP contribution in [0.25, 0.3) is 0 Å². The maximum absolute atomic E-state index is 11.5. The Kier molecular flexibility index (Phi) is 4.07. The lowest BCUT2D eigenvalue weighted by molar-refractivity contribution is -0.138. The smallest absolute Gasteiger partial charge is 0.303 e. The molecule has 0 aromatic heterocycles. The Morgan fingerprint density at radius 2 is 2.21 bits per heavy atom. The third-order valence-corrected chi connectivity index (χ3v) is 4.02. The summed E-state index contributed by atoms with van der Waals surface area (Å²) in [6, 6.07) is 0. The van der Waals surface area contributed by atoms with Crippen molar-refractivity contribution in [2.24, 2.45) is 5.41 Å². The average molecular weight is 220 g/mol. The standard InChI is InChI=1S/C9H16O4S/c1-13-4-5-14(12)7-9(2-3-9)6-8(10)11/h2-7H2,1H3,(H,10,11). The summed E-state index contributed by atoms with van der Waals surface area (Å²) in [4.78, 5) is 10.5. The summed E-state index contributed by atoms with van der Waals surface area (Å²) in [7, 11) is 0.639. The van der Waals surface area contributed by atoms with Gasteiger partial charge in [-0.2, -0.15) is 0 Å². The van der Waals surface area contributed by atoms with E-state index >= 15 is 0 Å². The molecule has 1 saturated carbocycles. The van der Waals surface area contributed by atoms with Crippen molar-refractivity contribution in [3.63, 3.8) is 0 Å². The molecule has 0 heterocycles. The lowest BCUT2D eigenvalue weighted by Crippen LogP contribution is -2.19. The van der Waals surface area contributed by atoms with Crippen molar-refractivity contribution in [2.75, 3.05) is 25.2 Å². The topological polar surface area (TPSA) is 63.6 Å². The molecule has 5 heteroatoms. The molecule has 0 bridgehead atoms. The first-order chi connectivity index (χ1) is 6.58. The normalized spacial score (nSPS) is 20.4. The van der Waals surface area contributed by atoms with E-state index in [1.165, 1.54) is 0 Å². The van der Waals surface area contributed by atoms with E-state index in [0.717, 1.165) is 12.8 Å². The molecule has 1 rings (SSSR count). The van der Waals surface area contributed by atoms with Crippen molar-refractivity contribution < 1.29 is 18.8 Å². The summed E-state index contributed by atoms with van der Waals surface area (Å²) < 4.78 is 16.3. The first-order valence-corrected chi connectivity index (χ1v) is 6.12. The minimum Gasteiger partial charge on any atom is -0.481 e. The molecule has 1 aliphatic rings. The molecule has 82 valence electrons. The number of aliphatic carboxylic acids is 1. The summed E-state index contributed by atoms with van der Waals surface area (Å²) in [6.45, 7) is 0.482. The fourth-order valence-electron chi connectivity index (χ4n) is 1.46. The molecule has 0 spiro atoms. The summed E-state index contributed by atoms with van der Waals surface area (Å²) in [5.41, 5.74) is -0.162. The van der Waals surface area contributed by atoms with Gasteiger partial charge in [-0.1, -0.05) is 0 Å². The molecule has 1 fully saturated rings. The fourth-order valence-corrected chi connectivity index (χ4v) is 3.03. The minimum atomic E-state index is -0.932. The number of ether oxygens (including phenoxy) is 1. The van der Waals surface area contributed by atoms with E-state index in [0.29, 0.717) is 18.1 Å². The van der Waals surface area contributed by atoms with Crippen LogP contribution in [0.3, 0.4) is 0 Å². The Balaban J connectivity index is 2.28. The largest absolute Gasteiger partial charge is 0.481 e. The lowest BCUT2D eigenvalue weighted by atomic mass is 10.1. The molecule has 0 aliphatic heterocycles. The van der Waals surface area contributed by atoms with Crippen LogP contribution in [-0.2, 0) is 20.3 Å². The predicted octanol–water partition coefficient (Wildman–Crippen LogP) is 0.636. The van der Waals surface area contributed by atoms with E-state index in [1.54, 1.807) is 7.11 Å². The van der Waals surface area contributed by atoms with E-state index < -0.39 is 16.8 Å². The van der Waals surface area contributed by atoms with Gasteiger partial charge in [-0.05, 0) is 18.3 Å². The second-order valence-corrected chi connectivity index (χ2v) is 5.43. The number of carboxylic acid groups (broad SMARTS) is 1. The van der Waals surface area contributed by atoms with Crippen molar-refractivity contribution in [3.05, 3.63) is 0 Å². The van der Waals surface area contributed by atoms with Gasteiger partial charge < -0.3 is 9.84 Å². The van der Waals surface area contributed by atoms with Crippen LogP contribution < -0.4 is 0 Å². The van der Waals surface area contributed by atoms with Gasteiger partial charge in [0.15, 0.2) is 0 Å². The van der Waals surface area contributed by atoms with Gasteiger partial charge in [0.25, 0.3) is 0 Å². The number of hydrogen-bond acceptors (Lipinski definition) is 3. The highest BCUT2D eigenvalue weighted by atomic mass is 32.2.